The van der Waals surface area contributed by atoms with E-state index in [0.717, 1.165) is 16.9 Å². The van der Waals surface area contributed by atoms with Gasteiger partial charge in [-0.15, -0.1) is 0 Å². The molecule has 0 aliphatic heterocycles. The molecule has 2 N–H and O–H groups in total. The number of nitrogens with two attached hydrogens (primary N) is 1. The van der Waals surface area contributed by atoms with E-state index in [-0.39, 0.29) is 0 Å². The number of hydrogen-bond donors (Lipinski definition) is 1. The van der Waals surface area contributed by atoms with Crippen molar-refractivity contribution in [2.75, 3.05) is 17.7 Å². The van der Waals surface area contributed by atoms with E-state index in [1.807, 2.05) is 48.3 Å². The van der Waals surface area contributed by atoms with Gasteiger partial charge in [0, 0.05) is 25.5 Å². The van der Waals surface area contributed by atoms with Crippen molar-refractivity contribution in [3.8, 4) is 6.07 Å². The number of nitrogens with zero attached hydrogens (tertiary/aromatic N) is 3. The molecule has 0 saturated carbocycles. The molecule has 0 spiro atoms. The molecule has 0 aliphatic rings. The Bertz CT molecular complexity index is 586. The fourth-order valence-electron chi connectivity index (χ4n) is 1.84. The topological polar surface area (TPSA) is 65.9 Å². The molecule has 90 valence electrons. The first-order valence-electron chi connectivity index (χ1n) is 5.61. The smallest absolute Gasteiger partial charge is 0.163 e. The van der Waals surface area contributed by atoms with E-state index in [1.54, 1.807) is 6.20 Å². The minimum Gasteiger partial charge on any atom is -0.399 e. The van der Waals surface area contributed by atoms with E-state index < -0.39 is 0 Å². The van der Waals surface area contributed by atoms with Crippen molar-refractivity contribution in [3.05, 3.63) is 53.9 Å². The van der Waals surface area contributed by atoms with Crippen molar-refractivity contribution in [3.63, 3.8) is 0 Å². The van der Waals surface area contributed by atoms with Crippen molar-refractivity contribution >= 4 is 11.4 Å². The Morgan fingerprint density at radius 1 is 1.33 bits per heavy atom. The molecule has 0 radical (unpaired) electrons. The van der Waals surface area contributed by atoms with E-state index >= 15 is 0 Å². The van der Waals surface area contributed by atoms with Gasteiger partial charge in [0.1, 0.15) is 6.07 Å². The maximum absolute atomic E-state index is 9.02. The number of benzene rings is 1. The van der Waals surface area contributed by atoms with Crippen LogP contribution in [-0.4, -0.2) is 12.0 Å². The Labute approximate surface area is 106 Å². The predicted octanol–water partition coefficient (Wildman–Crippen LogP) is 2.17. The van der Waals surface area contributed by atoms with Crippen molar-refractivity contribution in [2.24, 2.45) is 0 Å². The molecule has 0 fully saturated rings. The lowest BCUT2D eigenvalue weighted by Gasteiger charge is -2.20. The number of nitriles is 1. The summed E-state index contributed by atoms with van der Waals surface area (Å²) in [5, 5.41) is 9.02. The Morgan fingerprint density at radius 3 is 2.89 bits per heavy atom. The fraction of sp³-hybridized carbons (Fsp3) is 0.143. The van der Waals surface area contributed by atoms with Crippen LogP contribution < -0.4 is 10.6 Å². The molecule has 0 aliphatic carbocycles. The Morgan fingerprint density at radius 2 is 2.17 bits per heavy atom. The maximum atomic E-state index is 9.02. The van der Waals surface area contributed by atoms with Crippen LogP contribution in [0.2, 0.25) is 0 Å². The normalized spacial score (nSPS) is 9.78. The first-order chi connectivity index (χ1) is 8.70. The van der Waals surface area contributed by atoms with Gasteiger partial charge in [-0.05, 0) is 29.8 Å². The zero-order chi connectivity index (χ0) is 13.0. The maximum Gasteiger partial charge on any atom is 0.163 e. The molecule has 0 saturated heterocycles. The van der Waals surface area contributed by atoms with Gasteiger partial charge in [-0.25, -0.2) is 4.98 Å². The third-order valence-electron chi connectivity index (χ3n) is 2.67. The Hall–Kier alpha value is -2.54. The number of rotatable bonds is 3. The molecule has 0 atom stereocenters. The van der Waals surface area contributed by atoms with E-state index in [1.165, 1.54) is 0 Å². The second-order valence-electron chi connectivity index (χ2n) is 4.08. The van der Waals surface area contributed by atoms with Crippen molar-refractivity contribution < 1.29 is 0 Å². The van der Waals surface area contributed by atoms with Gasteiger partial charge in [0.2, 0.25) is 0 Å². The molecule has 1 aromatic carbocycles. The van der Waals surface area contributed by atoms with Gasteiger partial charge in [0.25, 0.3) is 0 Å². The summed E-state index contributed by atoms with van der Waals surface area (Å²) in [6.07, 6.45) is 1.62. The second kappa shape index (κ2) is 5.19. The number of nitrogen functional groups attached to an aromatic ring is 1. The van der Waals surface area contributed by atoms with E-state index in [2.05, 4.69) is 11.1 Å². The molecule has 4 heteroatoms. The van der Waals surface area contributed by atoms with Crippen molar-refractivity contribution in [1.82, 2.24) is 4.98 Å². The number of hydrogen-bond acceptors (Lipinski definition) is 4. The van der Waals surface area contributed by atoms with Gasteiger partial charge in [-0.2, -0.15) is 5.26 Å². The number of anilines is 2. The molecule has 2 rings (SSSR count). The molecule has 0 unspecified atom stereocenters. The minimum atomic E-state index is 0.434. The van der Waals surface area contributed by atoms with Crippen LogP contribution >= 0.6 is 0 Å². The van der Waals surface area contributed by atoms with E-state index in [0.29, 0.717) is 12.2 Å². The van der Waals surface area contributed by atoms with Gasteiger partial charge >= 0.3 is 0 Å². The van der Waals surface area contributed by atoms with Crippen LogP contribution in [0.5, 0.6) is 0 Å². The van der Waals surface area contributed by atoms with E-state index in [4.69, 9.17) is 11.0 Å². The molecule has 18 heavy (non-hydrogen) atoms. The van der Waals surface area contributed by atoms with Crippen LogP contribution in [0.1, 0.15) is 11.3 Å². The molecule has 0 amide bonds. The van der Waals surface area contributed by atoms with Crippen LogP contribution in [0.4, 0.5) is 11.4 Å². The fourth-order valence-corrected chi connectivity index (χ4v) is 1.84. The zero-order valence-electron chi connectivity index (χ0n) is 10.2. The van der Waals surface area contributed by atoms with Gasteiger partial charge in [0.15, 0.2) is 5.69 Å². The number of pyridine rings is 1. The van der Waals surface area contributed by atoms with Crippen LogP contribution in [0.25, 0.3) is 0 Å². The quantitative estimate of drug-likeness (QED) is 0.832. The summed E-state index contributed by atoms with van der Waals surface area (Å²) >= 11 is 0. The summed E-state index contributed by atoms with van der Waals surface area (Å²) < 4.78 is 0. The molecule has 0 bridgehead atoms. The van der Waals surface area contributed by atoms with Crippen LogP contribution in [-0.2, 0) is 6.54 Å². The third-order valence-corrected chi connectivity index (χ3v) is 2.67. The zero-order valence-corrected chi connectivity index (χ0v) is 10.2. The highest BCUT2D eigenvalue weighted by Crippen LogP contribution is 2.18. The molecular weight excluding hydrogens is 224 g/mol. The van der Waals surface area contributed by atoms with Gasteiger partial charge in [-0.3, -0.25) is 0 Å². The lowest BCUT2D eigenvalue weighted by molar-refractivity contribution is 0.914. The average Bonchev–Trinajstić information content (AvgIpc) is 2.38. The molecular formula is C14H14N4. The predicted molar refractivity (Wildman–Crippen MR) is 71.9 cm³/mol. The Kier molecular flexibility index (Phi) is 3.44. The van der Waals surface area contributed by atoms with Crippen LogP contribution in [0.3, 0.4) is 0 Å². The number of aromatic nitrogens is 1. The lowest BCUT2D eigenvalue weighted by Crippen LogP contribution is -2.18. The van der Waals surface area contributed by atoms with Crippen molar-refractivity contribution in [2.45, 2.75) is 6.54 Å². The Balaban J connectivity index is 2.22. The highest BCUT2D eigenvalue weighted by atomic mass is 15.1. The highest BCUT2D eigenvalue weighted by Gasteiger charge is 2.08. The SMILES string of the molecule is CN(Cc1cccc(N)c1)c1cccnc1C#N. The summed E-state index contributed by atoms with van der Waals surface area (Å²) in [6, 6.07) is 13.5. The summed E-state index contributed by atoms with van der Waals surface area (Å²) in [7, 11) is 1.93. The molecule has 1 heterocycles. The summed E-state index contributed by atoms with van der Waals surface area (Å²) in [4.78, 5) is 6.04. The van der Waals surface area contributed by atoms with Gasteiger partial charge in [0.05, 0.1) is 5.69 Å². The largest absolute Gasteiger partial charge is 0.399 e. The van der Waals surface area contributed by atoms with E-state index in [9.17, 15) is 0 Å². The first-order valence-corrected chi connectivity index (χ1v) is 5.61. The summed E-state index contributed by atoms with van der Waals surface area (Å²) in [6.45, 7) is 0.686. The highest BCUT2D eigenvalue weighted by molar-refractivity contribution is 5.55. The third kappa shape index (κ3) is 2.58. The van der Waals surface area contributed by atoms with Crippen molar-refractivity contribution in [1.29, 1.82) is 5.26 Å². The monoisotopic (exact) mass is 238 g/mol. The molecule has 1 aromatic heterocycles. The standard InChI is InChI=1S/C14H14N4/c1-18(10-11-4-2-5-12(16)8-11)14-6-3-7-17-13(14)9-15/h2-8H,10,16H2,1H3. The molecule has 2 aromatic rings. The average molecular weight is 238 g/mol. The first kappa shape index (κ1) is 11.9. The summed E-state index contributed by atoms with van der Waals surface area (Å²) in [5.74, 6) is 0. The van der Waals surface area contributed by atoms with Gasteiger partial charge < -0.3 is 10.6 Å². The second-order valence-corrected chi connectivity index (χ2v) is 4.08. The molecule has 4 nitrogen and oxygen atoms in total. The van der Waals surface area contributed by atoms with Gasteiger partial charge in [-0.1, -0.05) is 12.1 Å². The minimum absolute atomic E-state index is 0.434. The van der Waals surface area contributed by atoms with Crippen LogP contribution in [0, 0.1) is 11.3 Å². The summed E-state index contributed by atoms with van der Waals surface area (Å²) in [5.41, 5.74) is 8.85. The lowest BCUT2D eigenvalue weighted by atomic mass is 10.2. The van der Waals surface area contributed by atoms with Crippen LogP contribution in [0.15, 0.2) is 42.6 Å².